The van der Waals surface area contributed by atoms with E-state index in [-0.39, 0.29) is 29.3 Å². The smallest absolute Gasteiger partial charge is 0.242 e. The number of anilines is 1. The highest BCUT2D eigenvalue weighted by molar-refractivity contribution is 7.89. The molecular formula is C10H17N3O3S. The first-order chi connectivity index (χ1) is 7.86. The number of nitrogen functional groups attached to an aromatic ring is 1. The molecule has 0 aromatic carbocycles. The molecule has 0 aliphatic carbocycles. The van der Waals surface area contributed by atoms with Crippen LogP contribution in [0.15, 0.2) is 23.2 Å². The Balaban J connectivity index is 2.85. The summed E-state index contributed by atoms with van der Waals surface area (Å²) in [5, 5.41) is 8.95. The molecule has 1 aromatic rings. The van der Waals surface area contributed by atoms with E-state index in [1.54, 1.807) is 13.8 Å². The standard InChI is InChI=1S/C10H17N3O3S/c1-7(6-14)8(2)13-17(15,16)9-3-4-10(11)12-5-9/h3-5,7-8,13-14H,6H2,1-2H3,(H2,11,12). The Hall–Kier alpha value is -1.18. The van der Waals surface area contributed by atoms with Gasteiger partial charge in [0.05, 0.1) is 0 Å². The average Bonchev–Trinajstić information content (AvgIpc) is 2.27. The number of aromatic nitrogens is 1. The fourth-order valence-corrected chi connectivity index (χ4v) is 2.43. The quantitative estimate of drug-likeness (QED) is 0.688. The maximum absolute atomic E-state index is 11.9. The van der Waals surface area contributed by atoms with Crippen molar-refractivity contribution in [1.29, 1.82) is 0 Å². The van der Waals surface area contributed by atoms with Gasteiger partial charge in [0.2, 0.25) is 10.0 Å². The highest BCUT2D eigenvalue weighted by Crippen LogP contribution is 2.11. The molecule has 0 saturated carbocycles. The van der Waals surface area contributed by atoms with Gasteiger partial charge in [0.15, 0.2) is 0 Å². The van der Waals surface area contributed by atoms with Crippen LogP contribution in [0.2, 0.25) is 0 Å². The minimum absolute atomic E-state index is 0.0590. The molecule has 0 radical (unpaired) electrons. The maximum Gasteiger partial charge on any atom is 0.242 e. The first-order valence-electron chi connectivity index (χ1n) is 5.21. The molecule has 0 spiro atoms. The van der Waals surface area contributed by atoms with Gasteiger partial charge in [-0.2, -0.15) is 0 Å². The number of aliphatic hydroxyl groups is 1. The Bertz CT molecular complexity index is 458. The maximum atomic E-state index is 11.9. The summed E-state index contributed by atoms with van der Waals surface area (Å²) in [6, 6.07) is 2.46. The fourth-order valence-electron chi connectivity index (χ4n) is 1.14. The SMILES string of the molecule is CC(CO)C(C)NS(=O)(=O)c1ccc(N)nc1. The van der Waals surface area contributed by atoms with Crippen LogP contribution in [0.25, 0.3) is 0 Å². The lowest BCUT2D eigenvalue weighted by atomic mass is 10.1. The number of hydrogen-bond donors (Lipinski definition) is 3. The molecule has 4 N–H and O–H groups in total. The molecule has 2 unspecified atom stereocenters. The van der Waals surface area contributed by atoms with Crippen molar-refractivity contribution in [2.75, 3.05) is 12.3 Å². The number of sulfonamides is 1. The van der Waals surface area contributed by atoms with E-state index < -0.39 is 10.0 Å². The van der Waals surface area contributed by atoms with Crippen LogP contribution >= 0.6 is 0 Å². The first kappa shape index (κ1) is 13.9. The van der Waals surface area contributed by atoms with Crippen LogP contribution < -0.4 is 10.5 Å². The zero-order valence-corrected chi connectivity index (χ0v) is 10.6. The van der Waals surface area contributed by atoms with Crippen molar-refractivity contribution < 1.29 is 13.5 Å². The van der Waals surface area contributed by atoms with Crippen LogP contribution in [0.1, 0.15) is 13.8 Å². The summed E-state index contributed by atoms with van der Waals surface area (Å²) in [6.45, 7) is 3.38. The average molecular weight is 259 g/mol. The van der Waals surface area contributed by atoms with Crippen molar-refractivity contribution in [3.8, 4) is 0 Å². The van der Waals surface area contributed by atoms with Gasteiger partial charge in [-0.15, -0.1) is 0 Å². The molecule has 1 rings (SSSR count). The number of nitrogens with two attached hydrogens (primary N) is 1. The Morgan fingerprint density at radius 2 is 2.12 bits per heavy atom. The van der Waals surface area contributed by atoms with Crippen LogP contribution in [0, 0.1) is 5.92 Å². The lowest BCUT2D eigenvalue weighted by Gasteiger charge is -2.19. The third-order valence-corrected chi connectivity index (χ3v) is 4.10. The zero-order chi connectivity index (χ0) is 13.1. The van der Waals surface area contributed by atoms with E-state index in [4.69, 9.17) is 10.8 Å². The molecular weight excluding hydrogens is 242 g/mol. The van der Waals surface area contributed by atoms with E-state index in [0.29, 0.717) is 0 Å². The zero-order valence-electron chi connectivity index (χ0n) is 9.79. The van der Waals surface area contributed by atoms with Gasteiger partial charge in [-0.3, -0.25) is 0 Å². The minimum Gasteiger partial charge on any atom is -0.396 e. The van der Waals surface area contributed by atoms with Crippen molar-refractivity contribution in [3.05, 3.63) is 18.3 Å². The summed E-state index contributed by atoms with van der Waals surface area (Å²) < 4.78 is 26.3. The van der Waals surface area contributed by atoms with E-state index in [1.807, 2.05) is 0 Å². The third-order valence-electron chi connectivity index (χ3n) is 2.55. The summed E-state index contributed by atoms with van der Waals surface area (Å²) in [5.41, 5.74) is 5.38. The van der Waals surface area contributed by atoms with Crippen molar-refractivity contribution in [3.63, 3.8) is 0 Å². The highest BCUT2D eigenvalue weighted by atomic mass is 32.2. The number of nitrogens with zero attached hydrogens (tertiary/aromatic N) is 1. The molecule has 2 atom stereocenters. The van der Waals surface area contributed by atoms with Gasteiger partial charge in [-0.25, -0.2) is 18.1 Å². The molecule has 6 nitrogen and oxygen atoms in total. The first-order valence-corrected chi connectivity index (χ1v) is 6.70. The molecule has 0 aliphatic rings. The second-order valence-electron chi connectivity index (χ2n) is 3.99. The minimum atomic E-state index is -3.61. The van der Waals surface area contributed by atoms with Gasteiger partial charge in [0.25, 0.3) is 0 Å². The molecule has 17 heavy (non-hydrogen) atoms. The molecule has 0 amide bonds. The predicted molar refractivity (Wildman–Crippen MR) is 64.7 cm³/mol. The highest BCUT2D eigenvalue weighted by Gasteiger charge is 2.20. The van der Waals surface area contributed by atoms with Crippen LogP contribution in [0.3, 0.4) is 0 Å². The van der Waals surface area contributed by atoms with E-state index in [1.165, 1.54) is 18.3 Å². The Morgan fingerprint density at radius 1 is 1.47 bits per heavy atom. The van der Waals surface area contributed by atoms with Crippen LogP contribution in [0.5, 0.6) is 0 Å². The van der Waals surface area contributed by atoms with Gasteiger partial charge in [-0.1, -0.05) is 6.92 Å². The van der Waals surface area contributed by atoms with Crippen molar-refractivity contribution in [2.45, 2.75) is 24.8 Å². The van der Waals surface area contributed by atoms with Crippen LogP contribution in [0.4, 0.5) is 5.82 Å². The molecule has 0 aliphatic heterocycles. The van der Waals surface area contributed by atoms with Crippen molar-refractivity contribution in [1.82, 2.24) is 9.71 Å². The summed E-state index contributed by atoms with van der Waals surface area (Å²) >= 11 is 0. The summed E-state index contributed by atoms with van der Waals surface area (Å²) in [7, 11) is -3.61. The second-order valence-corrected chi connectivity index (χ2v) is 5.70. The number of hydrogen-bond acceptors (Lipinski definition) is 5. The van der Waals surface area contributed by atoms with Crippen molar-refractivity contribution >= 4 is 15.8 Å². The third kappa shape index (κ3) is 3.65. The lowest BCUT2D eigenvalue weighted by Crippen LogP contribution is -2.38. The molecule has 1 aromatic heterocycles. The molecule has 0 bridgehead atoms. The van der Waals surface area contributed by atoms with Crippen LogP contribution in [-0.4, -0.2) is 31.2 Å². The number of pyridine rings is 1. The second kappa shape index (κ2) is 5.44. The predicted octanol–water partition coefficient (Wildman–Crippen LogP) is -0.0410. The van der Waals surface area contributed by atoms with Gasteiger partial charge >= 0.3 is 0 Å². The molecule has 0 saturated heterocycles. The Kier molecular flexibility index (Phi) is 4.44. The van der Waals surface area contributed by atoms with Gasteiger partial charge in [-0.05, 0) is 25.0 Å². The number of nitrogens with one attached hydrogen (secondary N) is 1. The summed E-state index contributed by atoms with van der Waals surface area (Å²) in [5.74, 6) is 0.104. The Morgan fingerprint density at radius 3 is 2.59 bits per heavy atom. The van der Waals surface area contributed by atoms with Crippen molar-refractivity contribution in [2.24, 2.45) is 5.92 Å². The molecule has 96 valence electrons. The molecule has 7 heteroatoms. The number of aliphatic hydroxyl groups excluding tert-OH is 1. The normalized spacial score (nSPS) is 15.5. The van der Waals surface area contributed by atoms with Gasteiger partial charge in [0, 0.05) is 18.8 Å². The van der Waals surface area contributed by atoms with Gasteiger partial charge in [0.1, 0.15) is 10.7 Å². The topological polar surface area (TPSA) is 105 Å². The fraction of sp³-hybridized carbons (Fsp3) is 0.500. The summed E-state index contributed by atoms with van der Waals surface area (Å²) in [6.07, 6.45) is 1.20. The lowest BCUT2D eigenvalue weighted by molar-refractivity contribution is 0.216. The molecule has 1 heterocycles. The molecule has 0 fully saturated rings. The largest absolute Gasteiger partial charge is 0.396 e. The monoisotopic (exact) mass is 259 g/mol. The van der Waals surface area contributed by atoms with E-state index in [2.05, 4.69) is 9.71 Å². The van der Waals surface area contributed by atoms with E-state index in [0.717, 1.165) is 0 Å². The summed E-state index contributed by atoms with van der Waals surface area (Å²) in [4.78, 5) is 3.79. The van der Waals surface area contributed by atoms with Crippen LogP contribution in [-0.2, 0) is 10.0 Å². The number of rotatable bonds is 5. The van der Waals surface area contributed by atoms with E-state index in [9.17, 15) is 8.42 Å². The Labute approximate surface area is 101 Å². The van der Waals surface area contributed by atoms with Gasteiger partial charge < -0.3 is 10.8 Å². The van der Waals surface area contributed by atoms with E-state index >= 15 is 0 Å².